The normalized spacial score (nSPS) is 14.6. The van der Waals surface area contributed by atoms with Crippen LogP contribution in [0.25, 0.3) is 10.9 Å². The first-order valence-electron chi connectivity index (χ1n) is 14.1. The second kappa shape index (κ2) is 13.6. The van der Waals surface area contributed by atoms with Crippen LogP contribution in [0.1, 0.15) is 6.92 Å². The molecule has 0 aliphatic carbocycles. The maximum absolute atomic E-state index is 12.8. The van der Waals surface area contributed by atoms with Gasteiger partial charge < -0.3 is 20.3 Å². The van der Waals surface area contributed by atoms with Gasteiger partial charge in [-0.05, 0) is 56.4 Å². The van der Waals surface area contributed by atoms with Crippen molar-refractivity contribution in [3.63, 3.8) is 0 Å². The first kappa shape index (κ1) is 30.0. The van der Waals surface area contributed by atoms with Gasteiger partial charge in [-0.25, -0.2) is 18.4 Å². The van der Waals surface area contributed by atoms with Gasteiger partial charge in [0.15, 0.2) is 0 Å². The zero-order valence-electron chi connectivity index (χ0n) is 24.2. The van der Waals surface area contributed by atoms with E-state index in [0.29, 0.717) is 52.7 Å². The standard InChI is InChI=1S/C31H35N7O4S/c1-3-42-29-21-27-26(20-28(29)35-30(39)10-7-15-38-18-16-37(2)17-19-38)31(33-22-32-27)34-23-11-13-24(14-12-23)36-43(40,41)25-8-5-4-6-9-25/h4-14,20-22,36H,3,15-19H2,1-2H3,(H,35,39)(H,32,33,34). The van der Waals surface area contributed by atoms with Crippen molar-refractivity contribution in [2.45, 2.75) is 11.8 Å². The molecule has 2 heterocycles. The summed E-state index contributed by atoms with van der Waals surface area (Å²) in [4.78, 5) is 26.4. The molecule has 12 heteroatoms. The topological polar surface area (TPSA) is 129 Å². The van der Waals surface area contributed by atoms with Gasteiger partial charge in [-0.3, -0.25) is 14.4 Å². The van der Waals surface area contributed by atoms with Gasteiger partial charge in [-0.1, -0.05) is 24.3 Å². The first-order chi connectivity index (χ1) is 20.8. The van der Waals surface area contributed by atoms with Crippen LogP contribution >= 0.6 is 0 Å². The number of rotatable bonds is 11. The molecule has 0 spiro atoms. The van der Waals surface area contributed by atoms with Crippen molar-refractivity contribution in [2.75, 3.05) is 61.7 Å². The number of carbonyl (C=O) groups is 1. The minimum absolute atomic E-state index is 0.185. The Bertz CT molecular complexity index is 1690. The molecule has 1 amide bonds. The molecule has 1 aromatic heterocycles. The number of fused-ring (bicyclic) bond motifs is 1. The monoisotopic (exact) mass is 601 g/mol. The zero-order valence-corrected chi connectivity index (χ0v) is 25.0. The highest BCUT2D eigenvalue weighted by molar-refractivity contribution is 7.92. The van der Waals surface area contributed by atoms with Crippen molar-refractivity contribution in [1.82, 2.24) is 19.8 Å². The Kier molecular flexibility index (Phi) is 9.50. The molecule has 1 fully saturated rings. The number of carbonyl (C=O) groups excluding carboxylic acids is 1. The minimum atomic E-state index is -3.70. The molecule has 0 atom stereocenters. The van der Waals surface area contributed by atoms with Crippen molar-refractivity contribution >= 4 is 49.7 Å². The maximum Gasteiger partial charge on any atom is 0.261 e. The molecule has 1 saturated heterocycles. The molecule has 43 heavy (non-hydrogen) atoms. The molecule has 0 radical (unpaired) electrons. The smallest absolute Gasteiger partial charge is 0.261 e. The molecular formula is C31H35N7O4S. The number of nitrogens with one attached hydrogen (secondary N) is 3. The van der Waals surface area contributed by atoms with Gasteiger partial charge in [-0.2, -0.15) is 0 Å². The number of anilines is 4. The van der Waals surface area contributed by atoms with Gasteiger partial charge in [0, 0.05) is 61.6 Å². The van der Waals surface area contributed by atoms with Gasteiger partial charge in [0.05, 0.1) is 22.7 Å². The molecule has 0 bridgehead atoms. The van der Waals surface area contributed by atoms with Crippen LogP contribution in [-0.2, 0) is 14.8 Å². The van der Waals surface area contributed by atoms with E-state index in [1.54, 1.807) is 60.7 Å². The largest absolute Gasteiger partial charge is 0.492 e. The lowest BCUT2D eigenvalue weighted by Crippen LogP contribution is -2.44. The Labute approximate surface area is 251 Å². The molecule has 0 unspecified atom stereocenters. The second-order valence-corrected chi connectivity index (χ2v) is 11.8. The fraction of sp³-hybridized carbons (Fsp3) is 0.258. The molecule has 5 rings (SSSR count). The summed E-state index contributed by atoms with van der Waals surface area (Å²) in [6, 6.07) is 18.6. The van der Waals surface area contributed by atoms with E-state index in [4.69, 9.17) is 4.74 Å². The fourth-order valence-electron chi connectivity index (χ4n) is 4.64. The molecule has 0 saturated carbocycles. The SMILES string of the molecule is CCOc1cc2ncnc(Nc3ccc(NS(=O)(=O)c4ccccc4)cc3)c2cc1NC(=O)C=CCN1CCN(C)CC1. The predicted molar refractivity (Wildman–Crippen MR) is 169 cm³/mol. The highest BCUT2D eigenvalue weighted by atomic mass is 32.2. The zero-order chi connectivity index (χ0) is 30.2. The quantitative estimate of drug-likeness (QED) is 0.215. The lowest BCUT2D eigenvalue weighted by atomic mass is 10.1. The Hall–Kier alpha value is -4.52. The van der Waals surface area contributed by atoms with E-state index in [1.807, 2.05) is 13.0 Å². The van der Waals surface area contributed by atoms with Crippen molar-refractivity contribution in [2.24, 2.45) is 0 Å². The predicted octanol–water partition coefficient (Wildman–Crippen LogP) is 4.32. The summed E-state index contributed by atoms with van der Waals surface area (Å²) in [6.07, 6.45) is 4.87. The van der Waals surface area contributed by atoms with Gasteiger partial charge in [0.2, 0.25) is 5.91 Å². The van der Waals surface area contributed by atoms with Gasteiger partial charge in [-0.15, -0.1) is 0 Å². The fourth-order valence-corrected chi connectivity index (χ4v) is 5.72. The van der Waals surface area contributed by atoms with E-state index < -0.39 is 10.0 Å². The van der Waals surface area contributed by atoms with Crippen LogP contribution in [0.4, 0.5) is 22.9 Å². The third kappa shape index (κ3) is 7.86. The Balaban J connectivity index is 1.31. The average Bonchev–Trinajstić information content (AvgIpc) is 3.00. The van der Waals surface area contributed by atoms with Gasteiger partial charge in [0.25, 0.3) is 10.0 Å². The summed E-state index contributed by atoms with van der Waals surface area (Å²) in [5.74, 6) is 0.775. The number of sulfonamides is 1. The summed E-state index contributed by atoms with van der Waals surface area (Å²) in [7, 11) is -1.58. The number of nitrogens with zero attached hydrogens (tertiary/aromatic N) is 4. The minimum Gasteiger partial charge on any atom is -0.492 e. The average molecular weight is 602 g/mol. The van der Waals surface area contributed by atoms with E-state index in [2.05, 4.69) is 42.2 Å². The van der Waals surface area contributed by atoms with Crippen molar-refractivity contribution in [3.05, 3.63) is 85.2 Å². The summed E-state index contributed by atoms with van der Waals surface area (Å²) >= 11 is 0. The van der Waals surface area contributed by atoms with Crippen LogP contribution in [0.2, 0.25) is 0 Å². The number of amides is 1. The van der Waals surface area contributed by atoms with Crippen LogP contribution in [0.3, 0.4) is 0 Å². The molecular weight excluding hydrogens is 566 g/mol. The van der Waals surface area contributed by atoms with Gasteiger partial charge >= 0.3 is 0 Å². The number of piperazine rings is 1. The molecule has 1 aliphatic rings. The Morgan fingerprint density at radius 1 is 0.977 bits per heavy atom. The summed E-state index contributed by atoms with van der Waals surface area (Å²) in [6.45, 7) is 7.00. The summed E-state index contributed by atoms with van der Waals surface area (Å²) < 4.78 is 33.7. The van der Waals surface area contributed by atoms with E-state index >= 15 is 0 Å². The molecule has 3 aromatic carbocycles. The third-order valence-electron chi connectivity index (χ3n) is 6.98. The molecule has 224 valence electrons. The van der Waals surface area contributed by atoms with Crippen molar-refractivity contribution in [3.8, 4) is 5.75 Å². The van der Waals surface area contributed by atoms with Gasteiger partial charge in [0.1, 0.15) is 17.9 Å². The van der Waals surface area contributed by atoms with Crippen LogP contribution in [0.15, 0.2) is 90.1 Å². The second-order valence-electron chi connectivity index (χ2n) is 10.1. The van der Waals surface area contributed by atoms with Crippen LogP contribution < -0.4 is 20.1 Å². The van der Waals surface area contributed by atoms with Crippen LogP contribution in [-0.4, -0.2) is 80.5 Å². The molecule has 3 N–H and O–H groups in total. The highest BCUT2D eigenvalue weighted by Gasteiger charge is 2.16. The van der Waals surface area contributed by atoms with Crippen LogP contribution in [0, 0.1) is 0 Å². The van der Waals surface area contributed by atoms with Crippen molar-refractivity contribution in [1.29, 1.82) is 0 Å². The highest BCUT2D eigenvalue weighted by Crippen LogP contribution is 2.33. The summed E-state index contributed by atoms with van der Waals surface area (Å²) in [5, 5.41) is 6.89. The van der Waals surface area contributed by atoms with Crippen LogP contribution in [0.5, 0.6) is 5.75 Å². The van der Waals surface area contributed by atoms with E-state index in [9.17, 15) is 13.2 Å². The maximum atomic E-state index is 12.8. The lowest BCUT2D eigenvalue weighted by molar-refractivity contribution is -0.111. The Morgan fingerprint density at radius 3 is 2.42 bits per heavy atom. The first-order valence-corrected chi connectivity index (χ1v) is 15.5. The lowest BCUT2D eigenvalue weighted by Gasteiger charge is -2.31. The third-order valence-corrected chi connectivity index (χ3v) is 8.37. The number of hydrogen-bond acceptors (Lipinski definition) is 9. The number of benzene rings is 3. The van der Waals surface area contributed by atoms with E-state index in [0.717, 1.165) is 26.2 Å². The Morgan fingerprint density at radius 2 is 1.70 bits per heavy atom. The summed E-state index contributed by atoms with van der Waals surface area (Å²) in [5.41, 5.74) is 2.26. The number of hydrogen-bond donors (Lipinski definition) is 3. The van der Waals surface area contributed by atoms with Crippen molar-refractivity contribution < 1.29 is 17.9 Å². The number of aromatic nitrogens is 2. The number of ether oxygens (including phenoxy) is 1. The van der Waals surface area contributed by atoms with E-state index in [-0.39, 0.29) is 10.8 Å². The molecule has 11 nitrogen and oxygen atoms in total. The molecule has 4 aromatic rings. The van der Waals surface area contributed by atoms with E-state index in [1.165, 1.54) is 18.5 Å². The number of likely N-dealkylation sites (N-methyl/N-ethyl adjacent to an activating group) is 1. The molecule has 1 aliphatic heterocycles.